The highest BCUT2D eigenvalue weighted by Crippen LogP contribution is 2.50. The van der Waals surface area contributed by atoms with Gasteiger partial charge in [-0.25, -0.2) is 15.0 Å². The highest BCUT2D eigenvalue weighted by molar-refractivity contribution is 6.06. The van der Waals surface area contributed by atoms with Crippen LogP contribution in [0.1, 0.15) is 45.7 Å². The average molecular weight is 670 g/mol. The molecule has 3 aliphatic rings. The summed E-state index contributed by atoms with van der Waals surface area (Å²) in [6.07, 6.45) is 9.55. The van der Waals surface area contributed by atoms with Crippen molar-refractivity contribution in [2.24, 2.45) is 0 Å². The third-order valence-electron chi connectivity index (χ3n) is 10.8. The first-order valence-corrected chi connectivity index (χ1v) is 17.8. The predicted octanol–water partition coefficient (Wildman–Crippen LogP) is 11.0. The summed E-state index contributed by atoms with van der Waals surface area (Å²) in [5, 5.41) is 4.55. The third-order valence-corrected chi connectivity index (χ3v) is 10.8. The Labute approximate surface area is 300 Å². The van der Waals surface area contributed by atoms with Gasteiger partial charge in [-0.05, 0) is 81.9 Å². The molecule has 0 spiro atoms. The zero-order valence-corrected chi connectivity index (χ0v) is 28.1. The number of hydrogen-bond donors (Lipinski definition) is 0. The zero-order valence-electron chi connectivity index (χ0n) is 28.1. The minimum absolute atomic E-state index is 0.00784. The summed E-state index contributed by atoms with van der Waals surface area (Å²) in [5.74, 6) is 2.94. The van der Waals surface area contributed by atoms with Gasteiger partial charge in [-0.3, -0.25) is 0 Å². The molecule has 2 aliphatic carbocycles. The molecule has 5 heteroatoms. The normalized spacial score (nSPS) is 18.8. The fraction of sp³-hybridized carbons (Fsp3) is 0.0851. The highest BCUT2D eigenvalue weighted by Gasteiger charge is 2.40. The molecular weight excluding hydrogens is 639 g/mol. The Bertz CT molecular complexity index is 2840. The van der Waals surface area contributed by atoms with Gasteiger partial charge in [0.2, 0.25) is 0 Å². The van der Waals surface area contributed by atoms with Crippen LogP contribution in [-0.4, -0.2) is 21.1 Å². The molecule has 11 rings (SSSR count). The second-order valence-electron chi connectivity index (χ2n) is 13.9. The van der Waals surface area contributed by atoms with Crippen LogP contribution in [0.4, 0.5) is 0 Å². The summed E-state index contributed by atoms with van der Waals surface area (Å²) in [4.78, 5) is 15.8. The largest absolute Gasteiger partial charge is 0.485 e. The van der Waals surface area contributed by atoms with E-state index in [4.69, 9.17) is 24.1 Å². The van der Waals surface area contributed by atoms with Crippen molar-refractivity contribution in [1.29, 1.82) is 0 Å². The van der Waals surface area contributed by atoms with E-state index in [9.17, 15) is 0 Å². The van der Waals surface area contributed by atoms with Crippen molar-refractivity contribution < 1.29 is 9.15 Å². The molecule has 52 heavy (non-hydrogen) atoms. The van der Waals surface area contributed by atoms with E-state index in [1.54, 1.807) is 0 Å². The molecular formula is C47H31N3O2. The van der Waals surface area contributed by atoms with Crippen LogP contribution >= 0.6 is 0 Å². The molecule has 5 nitrogen and oxygen atoms in total. The molecule has 2 aromatic heterocycles. The van der Waals surface area contributed by atoms with E-state index in [1.807, 2.05) is 18.2 Å². The lowest BCUT2D eigenvalue weighted by molar-refractivity contribution is 0.272. The lowest BCUT2D eigenvalue weighted by Gasteiger charge is -2.26. The molecule has 6 aromatic carbocycles. The summed E-state index contributed by atoms with van der Waals surface area (Å²) in [6.45, 7) is 0. The number of allylic oxidation sites excluding steroid dienone is 3. The van der Waals surface area contributed by atoms with Crippen LogP contribution < -0.4 is 4.74 Å². The molecule has 0 saturated carbocycles. The topological polar surface area (TPSA) is 61.0 Å². The Morgan fingerprint density at radius 3 is 2.38 bits per heavy atom. The number of furan rings is 1. The fourth-order valence-electron chi connectivity index (χ4n) is 8.21. The van der Waals surface area contributed by atoms with Crippen LogP contribution in [0, 0.1) is 0 Å². The predicted molar refractivity (Wildman–Crippen MR) is 208 cm³/mol. The Hall–Kier alpha value is -6.59. The maximum atomic E-state index is 6.68. The molecule has 0 amide bonds. The van der Waals surface area contributed by atoms with Crippen molar-refractivity contribution in [1.82, 2.24) is 15.0 Å². The molecule has 0 saturated heterocycles. The maximum absolute atomic E-state index is 6.68. The van der Waals surface area contributed by atoms with Crippen molar-refractivity contribution in [3.8, 4) is 17.1 Å². The number of aromatic nitrogens is 3. The quantitative estimate of drug-likeness (QED) is 0.187. The van der Waals surface area contributed by atoms with Gasteiger partial charge in [0, 0.05) is 33.4 Å². The highest BCUT2D eigenvalue weighted by atomic mass is 16.5. The Morgan fingerprint density at radius 2 is 1.40 bits per heavy atom. The second-order valence-corrected chi connectivity index (χ2v) is 13.9. The smallest absolute Gasteiger partial charge is 0.163 e. The van der Waals surface area contributed by atoms with Gasteiger partial charge in [0.25, 0.3) is 0 Å². The van der Waals surface area contributed by atoms with Gasteiger partial charge in [-0.1, -0.05) is 115 Å². The molecule has 246 valence electrons. The lowest BCUT2D eigenvalue weighted by atomic mass is 9.80. The van der Waals surface area contributed by atoms with E-state index < -0.39 is 0 Å². The molecule has 0 fully saturated rings. The van der Waals surface area contributed by atoms with Gasteiger partial charge in [0.05, 0.1) is 5.92 Å². The summed E-state index contributed by atoms with van der Waals surface area (Å²) in [6, 6.07) is 46.4. The minimum atomic E-state index is -0.218. The van der Waals surface area contributed by atoms with Crippen LogP contribution in [0.2, 0.25) is 0 Å². The van der Waals surface area contributed by atoms with Crippen LogP contribution in [0.25, 0.3) is 61.3 Å². The fourth-order valence-corrected chi connectivity index (χ4v) is 8.21. The molecule has 0 N–H and O–H groups in total. The van der Waals surface area contributed by atoms with Gasteiger partial charge in [-0.15, -0.1) is 0 Å². The number of rotatable bonds is 4. The van der Waals surface area contributed by atoms with Crippen molar-refractivity contribution >= 4 is 49.9 Å². The van der Waals surface area contributed by atoms with E-state index in [2.05, 4.69) is 140 Å². The Balaban J connectivity index is 1.10. The molecule has 1 aliphatic heterocycles. The van der Waals surface area contributed by atoms with Crippen molar-refractivity contribution in [3.63, 3.8) is 0 Å². The van der Waals surface area contributed by atoms with E-state index in [0.717, 1.165) is 73.2 Å². The van der Waals surface area contributed by atoms with E-state index in [0.29, 0.717) is 11.6 Å². The van der Waals surface area contributed by atoms with Crippen molar-refractivity contribution in [2.75, 3.05) is 0 Å². The summed E-state index contributed by atoms with van der Waals surface area (Å²) >= 11 is 0. The monoisotopic (exact) mass is 669 g/mol. The van der Waals surface area contributed by atoms with E-state index in [-0.39, 0.29) is 17.9 Å². The SMILES string of the molecule is C1=CC(c2nc(C3=CC(c4ccc5c(c4)oc4ccccc45)=C[C@H]4Oc5ccccc5C34)nc(-c3ccc4ccccc4c3)n2)Cc2ccccc21. The van der Waals surface area contributed by atoms with Gasteiger partial charge in [0.15, 0.2) is 11.6 Å². The molecule has 0 radical (unpaired) electrons. The maximum Gasteiger partial charge on any atom is 0.163 e. The van der Waals surface area contributed by atoms with Crippen LogP contribution in [-0.2, 0) is 6.42 Å². The van der Waals surface area contributed by atoms with Crippen LogP contribution in [0.15, 0.2) is 156 Å². The van der Waals surface area contributed by atoms with Crippen molar-refractivity contribution in [2.45, 2.75) is 24.4 Å². The number of nitrogens with zero attached hydrogens (tertiary/aromatic N) is 3. The van der Waals surface area contributed by atoms with E-state index >= 15 is 0 Å². The van der Waals surface area contributed by atoms with Gasteiger partial charge >= 0.3 is 0 Å². The zero-order chi connectivity index (χ0) is 34.2. The first kappa shape index (κ1) is 29.2. The van der Waals surface area contributed by atoms with Crippen LogP contribution in [0.3, 0.4) is 0 Å². The average Bonchev–Trinajstić information content (AvgIpc) is 3.78. The molecule has 8 aromatic rings. The Kier molecular flexibility index (Phi) is 6.44. The van der Waals surface area contributed by atoms with Gasteiger partial charge in [0.1, 0.15) is 28.8 Å². The Morgan fingerprint density at radius 1 is 0.615 bits per heavy atom. The number of ether oxygens (including phenoxy) is 1. The lowest BCUT2D eigenvalue weighted by Crippen LogP contribution is -2.22. The van der Waals surface area contributed by atoms with Crippen molar-refractivity contribution in [3.05, 3.63) is 186 Å². The van der Waals surface area contributed by atoms with E-state index in [1.165, 1.54) is 16.5 Å². The standard InChI is InChI=1S/C47H31N3O2/c1-3-11-30-23-33(19-17-28(30)9-1)45-48-46(34-20-18-29-10-2-4-12-31(29)24-34)50-47(49-45)39-25-35(27-43-44(39)38-14-6-8-16-41(38)52-43)32-21-22-37-36-13-5-7-15-40(36)51-42(37)26-32/h1-23,25-27,34,43-44H,24H2/t34?,43-,44?/m1/s1. The number of benzene rings is 6. The summed E-state index contributed by atoms with van der Waals surface area (Å²) in [7, 11) is 0. The third kappa shape index (κ3) is 4.74. The van der Waals surface area contributed by atoms with Crippen LogP contribution in [0.5, 0.6) is 5.75 Å². The molecule has 3 atom stereocenters. The molecule has 3 heterocycles. The molecule has 2 unspecified atom stereocenters. The first-order chi connectivity index (χ1) is 25.7. The summed E-state index contributed by atoms with van der Waals surface area (Å²) in [5.41, 5.74) is 9.51. The number of hydrogen-bond acceptors (Lipinski definition) is 5. The first-order valence-electron chi connectivity index (χ1n) is 17.8. The summed E-state index contributed by atoms with van der Waals surface area (Å²) < 4.78 is 13.0. The second kappa shape index (κ2) is 11.5. The number of fused-ring (bicyclic) bond motifs is 8. The van der Waals surface area contributed by atoms with Gasteiger partial charge < -0.3 is 9.15 Å². The molecule has 0 bridgehead atoms. The number of para-hydroxylation sites is 2. The van der Waals surface area contributed by atoms with Gasteiger partial charge in [-0.2, -0.15) is 0 Å². The minimum Gasteiger partial charge on any atom is -0.485 e.